The molecule has 0 aliphatic rings. The van der Waals surface area contributed by atoms with E-state index in [2.05, 4.69) is 41.6 Å². The topological polar surface area (TPSA) is 92.9 Å². The van der Waals surface area contributed by atoms with Gasteiger partial charge in [-0.3, -0.25) is 4.79 Å². The van der Waals surface area contributed by atoms with E-state index in [1.54, 1.807) is 7.05 Å². The number of carboxylic acid groups (broad SMARTS) is 1. The highest BCUT2D eigenvalue weighted by Crippen LogP contribution is 2.23. The lowest BCUT2D eigenvalue weighted by Crippen LogP contribution is -2.29. The summed E-state index contributed by atoms with van der Waals surface area (Å²) >= 11 is 0. The molecule has 1 rings (SSSR count). The fraction of sp³-hybridized carbons (Fsp3) is 0.800. The van der Waals surface area contributed by atoms with Crippen molar-refractivity contribution < 1.29 is 9.90 Å². The van der Waals surface area contributed by atoms with Crippen molar-refractivity contribution in [3.8, 4) is 0 Å². The number of nitrogens with one attached hydrogen (secondary N) is 1. The van der Waals surface area contributed by atoms with Gasteiger partial charge in [-0.1, -0.05) is 25.9 Å². The predicted octanol–water partition coefficient (Wildman–Crippen LogP) is 0.901. The average Bonchev–Trinajstić information content (AvgIpc) is 2.47. The molecule has 0 aliphatic carbocycles. The third kappa shape index (κ3) is 4.80. The molecule has 7 heteroatoms. The van der Waals surface area contributed by atoms with E-state index >= 15 is 0 Å². The van der Waals surface area contributed by atoms with Gasteiger partial charge in [0.15, 0.2) is 0 Å². The van der Waals surface area contributed by atoms with Crippen LogP contribution in [0.1, 0.15) is 33.6 Å². The van der Waals surface area contributed by atoms with Crippen molar-refractivity contribution in [3.05, 3.63) is 0 Å². The van der Waals surface area contributed by atoms with Crippen LogP contribution in [0.4, 0.5) is 5.95 Å². The Morgan fingerprint density at radius 3 is 2.59 bits per heavy atom. The van der Waals surface area contributed by atoms with Crippen LogP contribution in [0.2, 0.25) is 0 Å². The van der Waals surface area contributed by atoms with Crippen LogP contribution in [0.3, 0.4) is 0 Å². The summed E-state index contributed by atoms with van der Waals surface area (Å²) < 4.78 is 1.48. The number of anilines is 1. The highest BCUT2D eigenvalue weighted by molar-refractivity contribution is 5.68. The number of nitrogens with zero attached hydrogens (tertiary/aromatic N) is 4. The van der Waals surface area contributed by atoms with E-state index in [0.717, 1.165) is 6.42 Å². The standard InChI is InChI=1S/C10H19N5O2/c1-10(2,3)6-7(5-8(16)17)11-9-12-13-14-15(9)4/h7H,5-6H2,1-4H3,(H,16,17)(H,11,12,14). The van der Waals surface area contributed by atoms with Crippen molar-refractivity contribution in [3.63, 3.8) is 0 Å². The molecule has 1 unspecified atom stereocenters. The lowest BCUT2D eigenvalue weighted by molar-refractivity contribution is -0.137. The zero-order chi connectivity index (χ0) is 13.1. The fourth-order valence-electron chi connectivity index (χ4n) is 1.66. The minimum absolute atomic E-state index is 0.0408. The zero-order valence-corrected chi connectivity index (χ0v) is 10.6. The van der Waals surface area contributed by atoms with E-state index in [1.807, 2.05) is 0 Å². The SMILES string of the molecule is Cn1nnnc1NC(CC(=O)O)CC(C)(C)C. The number of hydrogen-bond donors (Lipinski definition) is 2. The molecule has 0 spiro atoms. The van der Waals surface area contributed by atoms with Crippen molar-refractivity contribution in [2.75, 3.05) is 5.32 Å². The molecule has 7 nitrogen and oxygen atoms in total. The van der Waals surface area contributed by atoms with Crippen molar-refractivity contribution in [2.24, 2.45) is 12.5 Å². The van der Waals surface area contributed by atoms with Gasteiger partial charge < -0.3 is 10.4 Å². The van der Waals surface area contributed by atoms with Crippen LogP contribution >= 0.6 is 0 Å². The lowest BCUT2D eigenvalue weighted by atomic mass is 9.87. The second-order valence-electron chi connectivity index (χ2n) is 5.33. The Bertz CT molecular complexity index is 382. The third-order valence-corrected chi connectivity index (χ3v) is 2.23. The monoisotopic (exact) mass is 241 g/mol. The van der Waals surface area contributed by atoms with Crippen LogP contribution in [-0.2, 0) is 11.8 Å². The Morgan fingerprint density at radius 2 is 2.18 bits per heavy atom. The quantitative estimate of drug-likeness (QED) is 0.795. The molecule has 0 aromatic carbocycles. The minimum atomic E-state index is -0.832. The fourth-order valence-corrected chi connectivity index (χ4v) is 1.66. The Morgan fingerprint density at radius 1 is 1.53 bits per heavy atom. The minimum Gasteiger partial charge on any atom is -0.481 e. The van der Waals surface area contributed by atoms with Crippen LogP contribution < -0.4 is 5.32 Å². The summed E-state index contributed by atoms with van der Waals surface area (Å²) in [7, 11) is 1.71. The molecule has 2 N–H and O–H groups in total. The van der Waals surface area contributed by atoms with Gasteiger partial charge in [0.2, 0.25) is 5.95 Å². The molecule has 0 bridgehead atoms. The number of aromatic nitrogens is 4. The third-order valence-electron chi connectivity index (χ3n) is 2.23. The number of aliphatic carboxylic acids is 1. The smallest absolute Gasteiger partial charge is 0.305 e. The first-order valence-electron chi connectivity index (χ1n) is 5.48. The molecule has 0 saturated carbocycles. The van der Waals surface area contributed by atoms with Gasteiger partial charge in [-0.2, -0.15) is 0 Å². The molecule has 1 aromatic rings. The summed E-state index contributed by atoms with van der Waals surface area (Å²) in [6.07, 6.45) is 0.774. The number of carbonyl (C=O) groups is 1. The van der Waals surface area contributed by atoms with E-state index in [1.165, 1.54) is 4.68 Å². The van der Waals surface area contributed by atoms with E-state index < -0.39 is 5.97 Å². The van der Waals surface area contributed by atoms with E-state index in [9.17, 15) is 4.79 Å². The molecular formula is C10H19N5O2. The summed E-state index contributed by atoms with van der Waals surface area (Å²) in [6.45, 7) is 6.20. The van der Waals surface area contributed by atoms with Gasteiger partial charge in [0, 0.05) is 13.1 Å². The molecule has 1 atom stereocenters. The van der Waals surface area contributed by atoms with Crippen LogP contribution in [0, 0.1) is 5.41 Å². The van der Waals surface area contributed by atoms with E-state index in [-0.39, 0.29) is 17.9 Å². The maximum atomic E-state index is 10.8. The normalized spacial score (nSPS) is 13.4. The largest absolute Gasteiger partial charge is 0.481 e. The van der Waals surface area contributed by atoms with Crippen molar-refractivity contribution in [1.82, 2.24) is 20.2 Å². The maximum absolute atomic E-state index is 10.8. The molecule has 0 radical (unpaired) electrons. The zero-order valence-electron chi connectivity index (χ0n) is 10.6. The maximum Gasteiger partial charge on any atom is 0.305 e. The Kier molecular flexibility index (Phi) is 4.03. The first-order valence-corrected chi connectivity index (χ1v) is 5.48. The second-order valence-corrected chi connectivity index (χ2v) is 5.33. The Balaban J connectivity index is 2.70. The highest BCUT2D eigenvalue weighted by Gasteiger charge is 2.22. The van der Waals surface area contributed by atoms with Crippen LogP contribution in [0.25, 0.3) is 0 Å². The summed E-state index contributed by atoms with van der Waals surface area (Å²) in [6, 6.07) is -0.183. The second kappa shape index (κ2) is 5.11. The first-order chi connectivity index (χ1) is 7.78. The van der Waals surface area contributed by atoms with Crippen LogP contribution in [-0.4, -0.2) is 37.3 Å². The number of rotatable bonds is 5. The predicted molar refractivity (Wildman–Crippen MR) is 62.5 cm³/mol. The molecule has 1 heterocycles. The van der Waals surface area contributed by atoms with Crippen molar-refractivity contribution >= 4 is 11.9 Å². The Hall–Kier alpha value is -1.66. The van der Waals surface area contributed by atoms with E-state index in [0.29, 0.717) is 5.95 Å². The molecule has 0 aliphatic heterocycles. The van der Waals surface area contributed by atoms with Crippen molar-refractivity contribution in [2.45, 2.75) is 39.7 Å². The molecule has 0 amide bonds. The molecule has 0 fully saturated rings. The highest BCUT2D eigenvalue weighted by atomic mass is 16.4. The van der Waals surface area contributed by atoms with Gasteiger partial charge in [-0.25, -0.2) is 4.68 Å². The number of aryl methyl sites for hydroxylation is 1. The first kappa shape index (κ1) is 13.4. The lowest BCUT2D eigenvalue weighted by Gasteiger charge is -2.25. The summed E-state index contributed by atoms with van der Waals surface area (Å²) in [5, 5.41) is 22.9. The van der Waals surface area contributed by atoms with Crippen molar-refractivity contribution in [1.29, 1.82) is 0 Å². The van der Waals surface area contributed by atoms with Gasteiger partial charge >= 0.3 is 5.97 Å². The van der Waals surface area contributed by atoms with Gasteiger partial charge in [-0.05, 0) is 22.3 Å². The van der Waals surface area contributed by atoms with Gasteiger partial charge in [0.05, 0.1) is 6.42 Å². The summed E-state index contributed by atoms with van der Waals surface area (Å²) in [5.74, 6) is -0.345. The number of hydrogen-bond acceptors (Lipinski definition) is 5. The number of carboxylic acids is 1. The number of tetrazole rings is 1. The average molecular weight is 241 g/mol. The summed E-state index contributed by atoms with van der Waals surface area (Å²) in [5.41, 5.74) is 0.0408. The molecule has 0 saturated heterocycles. The van der Waals surface area contributed by atoms with Gasteiger partial charge in [-0.15, -0.1) is 0 Å². The molecule has 1 aromatic heterocycles. The Labute approximate surface area is 100 Å². The molecule has 96 valence electrons. The van der Waals surface area contributed by atoms with Crippen LogP contribution in [0.15, 0.2) is 0 Å². The van der Waals surface area contributed by atoms with Gasteiger partial charge in [0.25, 0.3) is 0 Å². The van der Waals surface area contributed by atoms with Gasteiger partial charge in [0.1, 0.15) is 0 Å². The van der Waals surface area contributed by atoms with Crippen LogP contribution in [0.5, 0.6) is 0 Å². The summed E-state index contributed by atoms with van der Waals surface area (Å²) in [4.78, 5) is 10.8. The molecule has 17 heavy (non-hydrogen) atoms. The molecular weight excluding hydrogens is 222 g/mol. The van der Waals surface area contributed by atoms with E-state index in [4.69, 9.17) is 5.11 Å².